The van der Waals surface area contributed by atoms with E-state index in [4.69, 9.17) is 9.47 Å². The summed E-state index contributed by atoms with van der Waals surface area (Å²) in [6, 6.07) is 18.8. The largest absolute Gasteiger partial charge is 0.507 e. The number of aromatic nitrogens is 2. The van der Waals surface area contributed by atoms with Gasteiger partial charge in [0.2, 0.25) is 0 Å². The Kier molecular flexibility index (Phi) is 5.16. The lowest BCUT2D eigenvalue weighted by Gasteiger charge is -2.10. The molecule has 1 aromatic heterocycles. The number of methoxy groups -OCH3 is 1. The van der Waals surface area contributed by atoms with E-state index in [9.17, 15) is 9.50 Å². The molecule has 0 aliphatic carbocycles. The fraction of sp³-hybridized carbons (Fsp3) is 0.0870. The van der Waals surface area contributed by atoms with Gasteiger partial charge in [0.25, 0.3) is 0 Å². The second-order valence-electron chi connectivity index (χ2n) is 6.48. The van der Waals surface area contributed by atoms with Crippen LogP contribution >= 0.6 is 0 Å². The number of aromatic amines is 1. The molecule has 0 atom stereocenters. The highest BCUT2D eigenvalue weighted by Crippen LogP contribution is 2.37. The maximum absolute atomic E-state index is 13.0. The molecule has 0 bridgehead atoms. The number of hydrogen-bond donors (Lipinski definition) is 2. The molecule has 0 aliphatic rings. The molecular formula is C23H19FN2O3. The molecule has 29 heavy (non-hydrogen) atoms. The second kappa shape index (κ2) is 8.06. The van der Waals surface area contributed by atoms with Gasteiger partial charge in [-0.25, -0.2) is 4.39 Å². The normalized spacial score (nSPS) is 10.7. The first kappa shape index (κ1) is 18.6. The first-order valence-electron chi connectivity index (χ1n) is 9.02. The Morgan fingerprint density at radius 3 is 2.34 bits per heavy atom. The lowest BCUT2D eigenvalue weighted by Crippen LogP contribution is -1.95. The molecule has 0 radical (unpaired) electrons. The van der Waals surface area contributed by atoms with Crippen LogP contribution in [0.1, 0.15) is 5.56 Å². The second-order valence-corrected chi connectivity index (χ2v) is 6.48. The number of nitrogens with one attached hydrogen (secondary N) is 1. The van der Waals surface area contributed by atoms with Crippen LogP contribution in [0.5, 0.6) is 17.2 Å². The average Bonchev–Trinajstić information content (AvgIpc) is 3.23. The van der Waals surface area contributed by atoms with Crippen LogP contribution in [0.15, 0.2) is 72.9 Å². The van der Waals surface area contributed by atoms with Crippen LogP contribution in [0.2, 0.25) is 0 Å². The zero-order chi connectivity index (χ0) is 20.2. The predicted molar refractivity (Wildman–Crippen MR) is 108 cm³/mol. The summed E-state index contributed by atoms with van der Waals surface area (Å²) >= 11 is 0. The number of phenols is 1. The summed E-state index contributed by atoms with van der Waals surface area (Å²) in [5.74, 6) is 1.06. The standard InChI is InChI=1S/C23H19FN2O3/c1-28-18-8-4-16(5-9-18)21-13-25-26-23(21)20-11-10-19(12-22(20)27)29-14-15-2-6-17(24)7-3-15/h2-13,27H,14H2,1H3,(H,25,26). The summed E-state index contributed by atoms with van der Waals surface area (Å²) < 4.78 is 23.9. The van der Waals surface area contributed by atoms with Crippen LogP contribution in [0.25, 0.3) is 22.4 Å². The molecule has 146 valence electrons. The number of hydrogen-bond acceptors (Lipinski definition) is 4. The van der Waals surface area contributed by atoms with Crippen LogP contribution in [0.4, 0.5) is 4.39 Å². The zero-order valence-electron chi connectivity index (χ0n) is 15.7. The number of benzene rings is 3. The van der Waals surface area contributed by atoms with Gasteiger partial charge in [-0.2, -0.15) is 5.10 Å². The van der Waals surface area contributed by atoms with Crippen molar-refractivity contribution < 1.29 is 19.0 Å². The van der Waals surface area contributed by atoms with Crippen LogP contribution in [0, 0.1) is 5.82 Å². The van der Waals surface area contributed by atoms with Crippen LogP contribution in [-0.2, 0) is 6.61 Å². The van der Waals surface area contributed by atoms with Crippen molar-refractivity contribution in [1.82, 2.24) is 10.2 Å². The lowest BCUT2D eigenvalue weighted by molar-refractivity contribution is 0.304. The molecule has 6 heteroatoms. The predicted octanol–water partition coefficient (Wildman–Crippen LogP) is 5.18. The molecule has 4 rings (SSSR count). The van der Waals surface area contributed by atoms with Gasteiger partial charge in [-0.1, -0.05) is 24.3 Å². The number of H-pyrrole nitrogens is 1. The third-order valence-corrected chi connectivity index (χ3v) is 4.60. The van der Waals surface area contributed by atoms with E-state index in [1.54, 1.807) is 43.6 Å². The SMILES string of the molecule is COc1ccc(-c2cn[nH]c2-c2ccc(OCc3ccc(F)cc3)cc2O)cc1. The highest BCUT2D eigenvalue weighted by molar-refractivity contribution is 5.83. The summed E-state index contributed by atoms with van der Waals surface area (Å²) in [6.07, 6.45) is 1.72. The molecule has 3 aromatic carbocycles. The van der Waals surface area contributed by atoms with E-state index in [1.165, 1.54) is 12.1 Å². The Morgan fingerprint density at radius 1 is 0.931 bits per heavy atom. The van der Waals surface area contributed by atoms with Gasteiger partial charge in [-0.3, -0.25) is 5.10 Å². The molecule has 1 heterocycles. The molecule has 0 saturated heterocycles. The quantitative estimate of drug-likeness (QED) is 0.476. The lowest BCUT2D eigenvalue weighted by atomic mass is 10.0. The van der Waals surface area contributed by atoms with Crippen LogP contribution < -0.4 is 9.47 Å². The van der Waals surface area contributed by atoms with E-state index in [2.05, 4.69) is 10.2 Å². The van der Waals surface area contributed by atoms with Gasteiger partial charge in [0, 0.05) is 17.2 Å². The Morgan fingerprint density at radius 2 is 1.66 bits per heavy atom. The fourth-order valence-corrected chi connectivity index (χ4v) is 3.04. The molecule has 2 N–H and O–H groups in total. The number of halogens is 1. The van der Waals surface area contributed by atoms with E-state index < -0.39 is 0 Å². The maximum atomic E-state index is 13.0. The zero-order valence-corrected chi connectivity index (χ0v) is 15.7. The van der Waals surface area contributed by atoms with Crippen molar-refractivity contribution >= 4 is 0 Å². The third-order valence-electron chi connectivity index (χ3n) is 4.60. The van der Waals surface area contributed by atoms with Crippen molar-refractivity contribution in [3.63, 3.8) is 0 Å². The Hall–Kier alpha value is -3.80. The topological polar surface area (TPSA) is 67.4 Å². The Bertz CT molecular complexity index is 1110. The van der Waals surface area contributed by atoms with Gasteiger partial charge in [-0.05, 0) is 47.5 Å². The van der Waals surface area contributed by atoms with Crippen LogP contribution in [-0.4, -0.2) is 22.4 Å². The highest BCUT2D eigenvalue weighted by Gasteiger charge is 2.14. The minimum absolute atomic E-state index is 0.0700. The van der Waals surface area contributed by atoms with Gasteiger partial charge in [0.15, 0.2) is 0 Å². The molecule has 0 spiro atoms. The summed E-state index contributed by atoms with van der Waals surface area (Å²) in [4.78, 5) is 0. The number of ether oxygens (including phenoxy) is 2. The summed E-state index contributed by atoms with van der Waals surface area (Å²) in [7, 11) is 1.62. The molecule has 0 saturated carbocycles. The van der Waals surface area contributed by atoms with E-state index >= 15 is 0 Å². The molecule has 0 unspecified atom stereocenters. The number of nitrogens with zero attached hydrogens (tertiary/aromatic N) is 1. The smallest absolute Gasteiger partial charge is 0.128 e. The molecule has 0 aliphatic heterocycles. The molecule has 0 fully saturated rings. The highest BCUT2D eigenvalue weighted by atomic mass is 19.1. The average molecular weight is 390 g/mol. The Balaban J connectivity index is 1.55. The van der Waals surface area contributed by atoms with E-state index in [-0.39, 0.29) is 18.2 Å². The van der Waals surface area contributed by atoms with E-state index in [0.29, 0.717) is 17.0 Å². The van der Waals surface area contributed by atoms with Crippen molar-refractivity contribution in [2.24, 2.45) is 0 Å². The van der Waals surface area contributed by atoms with Crippen molar-refractivity contribution in [2.75, 3.05) is 7.11 Å². The monoisotopic (exact) mass is 390 g/mol. The van der Waals surface area contributed by atoms with Gasteiger partial charge in [0.1, 0.15) is 29.7 Å². The summed E-state index contributed by atoms with van der Waals surface area (Å²) in [5.41, 5.74) is 3.97. The first-order valence-corrected chi connectivity index (χ1v) is 9.02. The van der Waals surface area contributed by atoms with Crippen molar-refractivity contribution in [1.29, 1.82) is 0 Å². The maximum Gasteiger partial charge on any atom is 0.128 e. The molecule has 5 nitrogen and oxygen atoms in total. The van der Waals surface area contributed by atoms with Crippen LogP contribution in [0.3, 0.4) is 0 Å². The van der Waals surface area contributed by atoms with Gasteiger partial charge >= 0.3 is 0 Å². The van der Waals surface area contributed by atoms with Crippen molar-refractivity contribution in [2.45, 2.75) is 6.61 Å². The van der Waals surface area contributed by atoms with Crippen molar-refractivity contribution in [3.05, 3.63) is 84.3 Å². The summed E-state index contributed by atoms with van der Waals surface area (Å²) in [6.45, 7) is 0.278. The van der Waals surface area contributed by atoms with Gasteiger partial charge in [-0.15, -0.1) is 0 Å². The van der Waals surface area contributed by atoms with E-state index in [1.807, 2.05) is 24.3 Å². The fourth-order valence-electron chi connectivity index (χ4n) is 3.04. The summed E-state index contributed by atoms with van der Waals surface area (Å²) in [5, 5.41) is 17.6. The minimum atomic E-state index is -0.289. The first-order chi connectivity index (χ1) is 14.1. The number of phenolic OH excluding ortho intramolecular Hbond substituents is 1. The molecule has 4 aromatic rings. The Labute approximate surface area is 167 Å². The molecular weight excluding hydrogens is 371 g/mol. The minimum Gasteiger partial charge on any atom is -0.507 e. The molecule has 0 amide bonds. The van der Waals surface area contributed by atoms with Gasteiger partial charge < -0.3 is 14.6 Å². The van der Waals surface area contributed by atoms with Crippen molar-refractivity contribution in [3.8, 4) is 39.6 Å². The number of aromatic hydroxyl groups is 1. The van der Waals surface area contributed by atoms with E-state index in [0.717, 1.165) is 22.4 Å². The van der Waals surface area contributed by atoms with Gasteiger partial charge in [0.05, 0.1) is 19.0 Å². The number of rotatable bonds is 6. The third kappa shape index (κ3) is 4.06.